The van der Waals surface area contributed by atoms with Crippen molar-refractivity contribution >= 4 is 0 Å². The van der Waals surface area contributed by atoms with Crippen LogP contribution in [-0.4, -0.2) is 61.2 Å². The molecule has 1 aliphatic rings. The average Bonchev–Trinajstić information content (AvgIpc) is 2.33. The van der Waals surface area contributed by atoms with E-state index >= 15 is 0 Å². The quantitative estimate of drug-likeness (QED) is 0.752. The van der Waals surface area contributed by atoms with Crippen LogP contribution in [0.1, 0.15) is 47.0 Å². The lowest BCUT2D eigenvalue weighted by Crippen LogP contribution is -2.57. The van der Waals surface area contributed by atoms with Gasteiger partial charge in [0.05, 0.1) is 0 Å². The van der Waals surface area contributed by atoms with Crippen LogP contribution in [0.25, 0.3) is 0 Å². The Morgan fingerprint density at radius 2 is 1.72 bits per heavy atom. The molecular weight excluding hydrogens is 222 g/mol. The van der Waals surface area contributed by atoms with Gasteiger partial charge in [0.2, 0.25) is 0 Å². The second kappa shape index (κ2) is 8.13. The zero-order chi connectivity index (χ0) is 13.5. The van der Waals surface area contributed by atoms with Gasteiger partial charge in [-0.2, -0.15) is 0 Å². The highest BCUT2D eigenvalue weighted by Crippen LogP contribution is 2.14. The summed E-state index contributed by atoms with van der Waals surface area (Å²) >= 11 is 0. The molecule has 3 atom stereocenters. The van der Waals surface area contributed by atoms with Gasteiger partial charge in [-0.3, -0.25) is 9.80 Å². The molecule has 0 aromatic heterocycles. The van der Waals surface area contributed by atoms with E-state index in [2.05, 4.69) is 49.9 Å². The summed E-state index contributed by atoms with van der Waals surface area (Å²) in [7, 11) is 2.26. The van der Waals surface area contributed by atoms with Crippen LogP contribution < -0.4 is 5.32 Å². The van der Waals surface area contributed by atoms with Crippen molar-refractivity contribution in [2.45, 2.75) is 65.1 Å². The van der Waals surface area contributed by atoms with Crippen molar-refractivity contribution in [1.29, 1.82) is 0 Å². The minimum atomic E-state index is 0.678. The van der Waals surface area contributed by atoms with E-state index < -0.39 is 0 Å². The van der Waals surface area contributed by atoms with E-state index in [1.54, 1.807) is 0 Å². The molecule has 0 radical (unpaired) electrons. The van der Waals surface area contributed by atoms with Gasteiger partial charge >= 0.3 is 0 Å². The van der Waals surface area contributed by atoms with Crippen LogP contribution in [0.3, 0.4) is 0 Å². The molecule has 0 aromatic rings. The summed E-state index contributed by atoms with van der Waals surface area (Å²) in [6.45, 7) is 14.0. The van der Waals surface area contributed by atoms with E-state index in [-0.39, 0.29) is 0 Å². The standard InChI is InChI=1S/C15H33N3/c1-6-8-15(16-9-7-2)12-18-10-13(3)17(5)14(4)11-18/h13-16H,6-12H2,1-5H3. The van der Waals surface area contributed by atoms with Crippen molar-refractivity contribution in [2.24, 2.45) is 0 Å². The molecular formula is C15H33N3. The fourth-order valence-electron chi connectivity index (χ4n) is 2.93. The Hall–Kier alpha value is -0.120. The number of likely N-dealkylation sites (N-methyl/N-ethyl adjacent to an activating group) is 1. The predicted octanol–water partition coefficient (Wildman–Crippen LogP) is 2.18. The molecule has 1 heterocycles. The lowest BCUT2D eigenvalue weighted by molar-refractivity contribution is 0.0536. The fraction of sp³-hybridized carbons (Fsp3) is 1.00. The average molecular weight is 255 g/mol. The van der Waals surface area contributed by atoms with Crippen LogP contribution in [0, 0.1) is 0 Å². The van der Waals surface area contributed by atoms with Gasteiger partial charge in [-0.15, -0.1) is 0 Å². The third-order valence-corrected chi connectivity index (χ3v) is 4.23. The molecule has 18 heavy (non-hydrogen) atoms. The van der Waals surface area contributed by atoms with Crippen molar-refractivity contribution in [3.63, 3.8) is 0 Å². The van der Waals surface area contributed by atoms with Crippen LogP contribution >= 0.6 is 0 Å². The summed E-state index contributed by atoms with van der Waals surface area (Å²) in [6.07, 6.45) is 3.81. The first-order valence-electron chi connectivity index (χ1n) is 7.76. The Morgan fingerprint density at radius 3 is 2.22 bits per heavy atom. The topological polar surface area (TPSA) is 18.5 Å². The molecule has 1 fully saturated rings. The zero-order valence-corrected chi connectivity index (χ0v) is 13.1. The minimum absolute atomic E-state index is 0.678. The Morgan fingerprint density at radius 1 is 1.11 bits per heavy atom. The molecule has 3 nitrogen and oxygen atoms in total. The molecule has 0 aliphatic carbocycles. The third-order valence-electron chi connectivity index (χ3n) is 4.23. The predicted molar refractivity (Wildman–Crippen MR) is 80.1 cm³/mol. The van der Waals surface area contributed by atoms with E-state index in [4.69, 9.17) is 0 Å². The van der Waals surface area contributed by atoms with Crippen LogP contribution in [-0.2, 0) is 0 Å². The molecule has 0 aromatic carbocycles. The van der Waals surface area contributed by atoms with Gasteiger partial charge in [0.15, 0.2) is 0 Å². The molecule has 1 rings (SSSR count). The summed E-state index contributed by atoms with van der Waals surface area (Å²) in [5.41, 5.74) is 0. The molecule has 108 valence electrons. The molecule has 0 bridgehead atoms. The smallest absolute Gasteiger partial charge is 0.0195 e. The van der Waals surface area contributed by atoms with Gasteiger partial charge in [0, 0.05) is 37.8 Å². The SMILES string of the molecule is CCCNC(CCC)CN1CC(C)N(C)C(C)C1. The molecule has 3 unspecified atom stereocenters. The summed E-state index contributed by atoms with van der Waals surface area (Å²) in [4.78, 5) is 5.16. The van der Waals surface area contributed by atoms with Gasteiger partial charge in [0.1, 0.15) is 0 Å². The summed E-state index contributed by atoms with van der Waals surface area (Å²) in [6, 6.07) is 2.04. The first-order valence-corrected chi connectivity index (χ1v) is 7.76. The first-order chi connectivity index (χ1) is 8.58. The van der Waals surface area contributed by atoms with Gasteiger partial charge in [-0.05, 0) is 40.3 Å². The number of rotatable bonds is 7. The summed E-state index contributed by atoms with van der Waals surface area (Å²) < 4.78 is 0. The molecule has 0 spiro atoms. The molecule has 3 heteroatoms. The minimum Gasteiger partial charge on any atom is -0.313 e. The van der Waals surface area contributed by atoms with Gasteiger partial charge in [-0.25, -0.2) is 0 Å². The largest absolute Gasteiger partial charge is 0.313 e. The number of nitrogens with one attached hydrogen (secondary N) is 1. The molecule has 0 amide bonds. The molecule has 1 saturated heterocycles. The highest BCUT2D eigenvalue weighted by molar-refractivity contribution is 4.84. The van der Waals surface area contributed by atoms with Crippen molar-refractivity contribution in [3.05, 3.63) is 0 Å². The number of hydrogen-bond donors (Lipinski definition) is 1. The van der Waals surface area contributed by atoms with Gasteiger partial charge in [0.25, 0.3) is 0 Å². The Kier molecular flexibility index (Phi) is 7.20. The van der Waals surface area contributed by atoms with E-state index in [1.165, 1.54) is 38.9 Å². The number of piperazine rings is 1. The van der Waals surface area contributed by atoms with E-state index in [1.807, 2.05) is 0 Å². The lowest BCUT2D eigenvalue weighted by atomic mass is 10.1. The van der Waals surface area contributed by atoms with Crippen molar-refractivity contribution < 1.29 is 0 Å². The summed E-state index contributed by atoms with van der Waals surface area (Å²) in [5.74, 6) is 0. The second-order valence-corrected chi connectivity index (χ2v) is 6.02. The van der Waals surface area contributed by atoms with Crippen LogP contribution in [0.5, 0.6) is 0 Å². The Bertz CT molecular complexity index is 208. The van der Waals surface area contributed by atoms with Crippen molar-refractivity contribution in [1.82, 2.24) is 15.1 Å². The van der Waals surface area contributed by atoms with E-state index in [9.17, 15) is 0 Å². The normalized spacial score (nSPS) is 28.5. The van der Waals surface area contributed by atoms with Crippen LogP contribution in [0.4, 0.5) is 0 Å². The second-order valence-electron chi connectivity index (χ2n) is 6.02. The molecule has 1 aliphatic heterocycles. The lowest BCUT2D eigenvalue weighted by Gasteiger charge is -2.43. The monoisotopic (exact) mass is 255 g/mol. The summed E-state index contributed by atoms with van der Waals surface area (Å²) in [5, 5.41) is 3.70. The van der Waals surface area contributed by atoms with Crippen molar-refractivity contribution in [2.75, 3.05) is 33.2 Å². The van der Waals surface area contributed by atoms with Crippen LogP contribution in [0.2, 0.25) is 0 Å². The third kappa shape index (κ3) is 4.87. The molecule has 0 saturated carbocycles. The fourth-order valence-corrected chi connectivity index (χ4v) is 2.93. The van der Waals surface area contributed by atoms with E-state index in [0.29, 0.717) is 18.1 Å². The molecule has 1 N–H and O–H groups in total. The first kappa shape index (κ1) is 15.9. The highest BCUT2D eigenvalue weighted by atomic mass is 15.3. The van der Waals surface area contributed by atoms with Gasteiger partial charge < -0.3 is 5.32 Å². The maximum absolute atomic E-state index is 3.70. The number of nitrogens with zero attached hydrogens (tertiary/aromatic N) is 2. The van der Waals surface area contributed by atoms with E-state index in [0.717, 1.165) is 6.54 Å². The Balaban J connectivity index is 2.42. The van der Waals surface area contributed by atoms with Crippen molar-refractivity contribution in [3.8, 4) is 0 Å². The maximum atomic E-state index is 3.70. The maximum Gasteiger partial charge on any atom is 0.0195 e. The number of hydrogen-bond acceptors (Lipinski definition) is 3. The Labute approximate surface area is 114 Å². The highest BCUT2D eigenvalue weighted by Gasteiger charge is 2.27. The van der Waals surface area contributed by atoms with Crippen LogP contribution in [0.15, 0.2) is 0 Å². The van der Waals surface area contributed by atoms with Gasteiger partial charge in [-0.1, -0.05) is 20.3 Å². The zero-order valence-electron chi connectivity index (χ0n) is 13.1.